The van der Waals surface area contributed by atoms with Gasteiger partial charge in [0.05, 0.1) is 7.11 Å². The molecule has 0 unspecified atom stereocenters. The molecule has 1 atom stereocenters. The lowest BCUT2D eigenvalue weighted by atomic mass is 10.00. The standard InChI is InChI=1S/C19H22O4/c1-13(2)15-9-7-14(8-10-15)11-18(19(20)21)23-17-6-4-5-16(12-17)22-3/h4-10,12-13,18H,11H2,1-3H3,(H,20,21)/t18-/m0/s1. The topological polar surface area (TPSA) is 55.8 Å². The summed E-state index contributed by atoms with van der Waals surface area (Å²) in [5, 5.41) is 9.41. The molecule has 0 aromatic heterocycles. The Labute approximate surface area is 136 Å². The van der Waals surface area contributed by atoms with Gasteiger partial charge in [0, 0.05) is 12.5 Å². The molecule has 0 spiro atoms. The first-order valence-electron chi connectivity index (χ1n) is 7.62. The molecule has 0 aliphatic rings. The number of carboxylic acid groups (broad SMARTS) is 1. The molecule has 0 heterocycles. The average Bonchev–Trinajstić information content (AvgIpc) is 2.54. The van der Waals surface area contributed by atoms with Crippen LogP contribution in [0.4, 0.5) is 0 Å². The number of rotatable bonds is 7. The minimum Gasteiger partial charge on any atom is -0.497 e. The van der Waals surface area contributed by atoms with Crippen LogP contribution in [0.2, 0.25) is 0 Å². The van der Waals surface area contributed by atoms with Gasteiger partial charge in [-0.25, -0.2) is 4.79 Å². The molecule has 0 radical (unpaired) electrons. The van der Waals surface area contributed by atoms with Crippen molar-refractivity contribution in [2.75, 3.05) is 7.11 Å². The lowest BCUT2D eigenvalue weighted by Crippen LogP contribution is -2.29. The Morgan fingerprint density at radius 2 is 1.74 bits per heavy atom. The molecule has 0 amide bonds. The minimum atomic E-state index is -0.985. The third-order valence-electron chi connectivity index (χ3n) is 3.66. The molecule has 2 aromatic carbocycles. The maximum Gasteiger partial charge on any atom is 0.345 e. The number of benzene rings is 2. The summed E-state index contributed by atoms with van der Waals surface area (Å²) in [6.07, 6.45) is -0.628. The highest BCUT2D eigenvalue weighted by molar-refractivity contribution is 5.73. The van der Waals surface area contributed by atoms with Crippen molar-refractivity contribution in [3.8, 4) is 11.5 Å². The highest BCUT2D eigenvalue weighted by atomic mass is 16.5. The van der Waals surface area contributed by atoms with Crippen LogP contribution >= 0.6 is 0 Å². The maximum atomic E-state index is 11.5. The van der Waals surface area contributed by atoms with Crippen LogP contribution in [0.15, 0.2) is 48.5 Å². The maximum absolute atomic E-state index is 11.5. The van der Waals surface area contributed by atoms with Crippen LogP contribution in [0, 0.1) is 0 Å². The van der Waals surface area contributed by atoms with Crippen LogP contribution in [0.5, 0.6) is 11.5 Å². The van der Waals surface area contributed by atoms with Crippen molar-refractivity contribution in [1.29, 1.82) is 0 Å². The zero-order valence-corrected chi connectivity index (χ0v) is 13.7. The van der Waals surface area contributed by atoms with E-state index in [9.17, 15) is 9.90 Å². The number of hydrogen-bond donors (Lipinski definition) is 1. The van der Waals surface area contributed by atoms with E-state index in [1.807, 2.05) is 24.3 Å². The van der Waals surface area contributed by atoms with Crippen LogP contribution in [0.25, 0.3) is 0 Å². The van der Waals surface area contributed by atoms with Gasteiger partial charge in [-0.3, -0.25) is 0 Å². The van der Waals surface area contributed by atoms with Gasteiger partial charge in [0.1, 0.15) is 11.5 Å². The Balaban J connectivity index is 2.10. The van der Waals surface area contributed by atoms with Crippen molar-refractivity contribution in [3.05, 3.63) is 59.7 Å². The van der Waals surface area contributed by atoms with Gasteiger partial charge >= 0.3 is 5.97 Å². The number of carbonyl (C=O) groups is 1. The van der Waals surface area contributed by atoms with E-state index in [0.29, 0.717) is 23.8 Å². The van der Waals surface area contributed by atoms with Crippen molar-refractivity contribution in [2.24, 2.45) is 0 Å². The van der Waals surface area contributed by atoms with Gasteiger partial charge in [-0.2, -0.15) is 0 Å². The average molecular weight is 314 g/mol. The third-order valence-corrected chi connectivity index (χ3v) is 3.66. The summed E-state index contributed by atoms with van der Waals surface area (Å²) >= 11 is 0. The zero-order chi connectivity index (χ0) is 16.8. The Bertz CT molecular complexity index is 647. The van der Waals surface area contributed by atoms with Gasteiger partial charge in [0.15, 0.2) is 6.10 Å². The molecular formula is C19H22O4. The fourth-order valence-electron chi connectivity index (χ4n) is 2.27. The highest BCUT2D eigenvalue weighted by Gasteiger charge is 2.20. The van der Waals surface area contributed by atoms with E-state index in [1.165, 1.54) is 5.56 Å². The van der Waals surface area contributed by atoms with E-state index in [-0.39, 0.29) is 0 Å². The summed E-state index contributed by atoms with van der Waals surface area (Å²) in [6, 6.07) is 14.9. The molecular weight excluding hydrogens is 292 g/mol. The monoisotopic (exact) mass is 314 g/mol. The van der Waals surface area contributed by atoms with E-state index in [1.54, 1.807) is 31.4 Å². The molecule has 0 aliphatic heterocycles. The molecule has 0 fully saturated rings. The van der Waals surface area contributed by atoms with E-state index < -0.39 is 12.1 Å². The second-order valence-electron chi connectivity index (χ2n) is 5.72. The van der Waals surface area contributed by atoms with Gasteiger partial charge in [-0.05, 0) is 29.2 Å². The SMILES string of the molecule is COc1cccc(O[C@@H](Cc2ccc(C(C)C)cc2)C(=O)O)c1. The van der Waals surface area contributed by atoms with E-state index in [4.69, 9.17) is 9.47 Å². The molecule has 1 N–H and O–H groups in total. The van der Waals surface area contributed by atoms with Crippen LogP contribution < -0.4 is 9.47 Å². The number of carboxylic acids is 1. The summed E-state index contributed by atoms with van der Waals surface area (Å²) in [5.41, 5.74) is 2.17. The fourth-order valence-corrected chi connectivity index (χ4v) is 2.27. The Morgan fingerprint density at radius 1 is 1.09 bits per heavy atom. The fraction of sp³-hybridized carbons (Fsp3) is 0.316. The van der Waals surface area contributed by atoms with Gasteiger partial charge in [0.25, 0.3) is 0 Å². The molecule has 0 saturated heterocycles. The van der Waals surface area contributed by atoms with Crippen molar-refractivity contribution in [2.45, 2.75) is 32.3 Å². The van der Waals surface area contributed by atoms with E-state index in [2.05, 4.69) is 13.8 Å². The predicted octanol–water partition coefficient (Wildman–Crippen LogP) is 3.89. The number of aliphatic carboxylic acids is 1. The van der Waals surface area contributed by atoms with Crippen LogP contribution in [0.3, 0.4) is 0 Å². The van der Waals surface area contributed by atoms with Crippen molar-refractivity contribution in [1.82, 2.24) is 0 Å². The molecule has 23 heavy (non-hydrogen) atoms. The van der Waals surface area contributed by atoms with Crippen LogP contribution in [-0.2, 0) is 11.2 Å². The summed E-state index contributed by atoms with van der Waals surface area (Å²) in [5.74, 6) is 0.580. The van der Waals surface area contributed by atoms with Crippen LogP contribution in [-0.4, -0.2) is 24.3 Å². The second kappa shape index (κ2) is 7.68. The summed E-state index contributed by atoms with van der Waals surface area (Å²) in [4.78, 5) is 11.5. The lowest BCUT2D eigenvalue weighted by molar-refractivity contribution is -0.145. The highest BCUT2D eigenvalue weighted by Crippen LogP contribution is 2.22. The Kier molecular flexibility index (Phi) is 5.63. The number of hydrogen-bond acceptors (Lipinski definition) is 3. The van der Waals surface area contributed by atoms with Gasteiger partial charge < -0.3 is 14.6 Å². The van der Waals surface area contributed by atoms with Crippen molar-refractivity contribution in [3.63, 3.8) is 0 Å². The Hall–Kier alpha value is -2.49. The summed E-state index contributed by atoms with van der Waals surface area (Å²) < 4.78 is 10.7. The molecule has 4 heteroatoms. The largest absolute Gasteiger partial charge is 0.497 e. The zero-order valence-electron chi connectivity index (χ0n) is 13.7. The van der Waals surface area contributed by atoms with Gasteiger partial charge in [-0.1, -0.05) is 44.2 Å². The number of ether oxygens (including phenoxy) is 2. The lowest BCUT2D eigenvalue weighted by Gasteiger charge is -2.16. The molecule has 2 aromatic rings. The summed E-state index contributed by atoms with van der Waals surface area (Å²) in [6.45, 7) is 4.25. The molecule has 0 bridgehead atoms. The smallest absolute Gasteiger partial charge is 0.345 e. The molecule has 0 saturated carbocycles. The normalized spacial score (nSPS) is 12.0. The molecule has 4 nitrogen and oxygen atoms in total. The molecule has 122 valence electrons. The minimum absolute atomic E-state index is 0.310. The number of methoxy groups -OCH3 is 1. The quantitative estimate of drug-likeness (QED) is 0.842. The first kappa shape index (κ1) is 16.9. The van der Waals surface area contributed by atoms with Crippen LogP contribution in [0.1, 0.15) is 30.9 Å². The van der Waals surface area contributed by atoms with E-state index in [0.717, 1.165) is 5.56 Å². The second-order valence-corrected chi connectivity index (χ2v) is 5.72. The molecule has 2 rings (SSSR count). The first-order chi connectivity index (χ1) is 11.0. The van der Waals surface area contributed by atoms with Gasteiger partial charge in [0.2, 0.25) is 0 Å². The predicted molar refractivity (Wildman–Crippen MR) is 89.3 cm³/mol. The molecule has 0 aliphatic carbocycles. The summed E-state index contributed by atoms with van der Waals surface area (Å²) in [7, 11) is 1.56. The van der Waals surface area contributed by atoms with Crippen molar-refractivity contribution >= 4 is 5.97 Å². The van der Waals surface area contributed by atoms with Gasteiger partial charge in [-0.15, -0.1) is 0 Å². The first-order valence-corrected chi connectivity index (χ1v) is 7.62. The Morgan fingerprint density at radius 3 is 2.30 bits per heavy atom. The van der Waals surface area contributed by atoms with Crippen molar-refractivity contribution < 1.29 is 19.4 Å². The third kappa shape index (κ3) is 4.74. The van der Waals surface area contributed by atoms with E-state index >= 15 is 0 Å².